The van der Waals surface area contributed by atoms with E-state index in [4.69, 9.17) is 0 Å². The lowest BCUT2D eigenvalue weighted by atomic mass is 10.1. The number of amides is 2. The van der Waals surface area contributed by atoms with Gasteiger partial charge < -0.3 is 4.90 Å². The third-order valence-corrected chi connectivity index (χ3v) is 3.91. The quantitative estimate of drug-likeness (QED) is 0.722. The second-order valence-corrected chi connectivity index (χ2v) is 5.76. The van der Waals surface area contributed by atoms with E-state index in [1.807, 2.05) is 60.5 Å². The fraction of sp³-hybridized carbons (Fsp3) is 0.100. The Morgan fingerprint density at radius 1 is 0.840 bits per heavy atom. The highest BCUT2D eigenvalue weighted by molar-refractivity contribution is 5.95. The monoisotopic (exact) mass is 333 g/mol. The molecule has 3 aromatic carbocycles. The van der Waals surface area contributed by atoms with Crippen LogP contribution in [-0.2, 0) is 4.79 Å². The maximum atomic E-state index is 12.1. The van der Waals surface area contributed by atoms with E-state index in [9.17, 15) is 9.59 Å². The molecule has 0 fully saturated rings. The van der Waals surface area contributed by atoms with Crippen LogP contribution in [0.3, 0.4) is 0 Å². The number of nitrogens with one attached hydrogen (secondary N) is 2. The van der Waals surface area contributed by atoms with Crippen LogP contribution in [-0.4, -0.2) is 25.4 Å². The van der Waals surface area contributed by atoms with Gasteiger partial charge >= 0.3 is 0 Å². The van der Waals surface area contributed by atoms with Crippen molar-refractivity contribution in [1.29, 1.82) is 0 Å². The summed E-state index contributed by atoms with van der Waals surface area (Å²) in [6, 6.07) is 22.8. The summed E-state index contributed by atoms with van der Waals surface area (Å²) in [6.45, 7) is 0.132. The molecule has 25 heavy (non-hydrogen) atoms. The van der Waals surface area contributed by atoms with Crippen molar-refractivity contribution >= 4 is 28.3 Å². The Kier molecular flexibility index (Phi) is 4.95. The van der Waals surface area contributed by atoms with Gasteiger partial charge in [-0.2, -0.15) is 0 Å². The number of hydrogen-bond acceptors (Lipinski definition) is 3. The zero-order valence-electron chi connectivity index (χ0n) is 13.9. The van der Waals surface area contributed by atoms with Crippen molar-refractivity contribution in [2.24, 2.45) is 0 Å². The molecule has 0 atom stereocenters. The van der Waals surface area contributed by atoms with Gasteiger partial charge in [-0.05, 0) is 35.0 Å². The topological polar surface area (TPSA) is 61.4 Å². The Morgan fingerprint density at radius 3 is 2.28 bits per heavy atom. The van der Waals surface area contributed by atoms with E-state index in [1.54, 1.807) is 24.3 Å². The standard InChI is InChI=1S/C20H19N3O2/c1-23(18-12-11-15-7-5-6-10-17(15)13-18)14-19(24)21-22-20(25)16-8-3-2-4-9-16/h2-13H,14H2,1H3,(H,21,24)(H,22,25). The summed E-state index contributed by atoms with van der Waals surface area (Å²) in [5.74, 6) is -0.637. The van der Waals surface area contributed by atoms with Crippen molar-refractivity contribution in [3.63, 3.8) is 0 Å². The lowest BCUT2D eigenvalue weighted by molar-refractivity contribution is -0.120. The van der Waals surface area contributed by atoms with Crippen LogP contribution in [0.15, 0.2) is 72.8 Å². The van der Waals surface area contributed by atoms with E-state index >= 15 is 0 Å². The van der Waals surface area contributed by atoms with Gasteiger partial charge in [0.2, 0.25) is 0 Å². The molecule has 3 rings (SSSR count). The Bertz CT molecular complexity index is 894. The number of rotatable bonds is 4. The second kappa shape index (κ2) is 7.49. The summed E-state index contributed by atoms with van der Waals surface area (Å²) >= 11 is 0. The molecule has 0 saturated heterocycles. The number of likely N-dealkylation sites (N-methyl/N-ethyl adjacent to an activating group) is 1. The third kappa shape index (κ3) is 4.14. The van der Waals surface area contributed by atoms with Crippen LogP contribution in [0.25, 0.3) is 10.8 Å². The number of hydrazine groups is 1. The molecule has 2 N–H and O–H groups in total. The van der Waals surface area contributed by atoms with Crippen LogP contribution in [0.4, 0.5) is 5.69 Å². The van der Waals surface area contributed by atoms with E-state index in [2.05, 4.69) is 10.9 Å². The zero-order chi connectivity index (χ0) is 17.6. The first kappa shape index (κ1) is 16.5. The van der Waals surface area contributed by atoms with Crippen molar-refractivity contribution in [1.82, 2.24) is 10.9 Å². The van der Waals surface area contributed by atoms with Crippen LogP contribution in [0.1, 0.15) is 10.4 Å². The van der Waals surface area contributed by atoms with Crippen molar-refractivity contribution in [2.75, 3.05) is 18.5 Å². The zero-order valence-corrected chi connectivity index (χ0v) is 13.9. The fourth-order valence-electron chi connectivity index (χ4n) is 2.55. The molecule has 0 spiro atoms. The van der Waals surface area contributed by atoms with Crippen molar-refractivity contribution in [2.45, 2.75) is 0 Å². The molecule has 0 bridgehead atoms. The Hall–Kier alpha value is -3.34. The van der Waals surface area contributed by atoms with Crippen LogP contribution in [0.5, 0.6) is 0 Å². The highest BCUT2D eigenvalue weighted by Crippen LogP contribution is 2.20. The van der Waals surface area contributed by atoms with Gasteiger partial charge in [0.05, 0.1) is 6.54 Å². The predicted molar refractivity (Wildman–Crippen MR) is 99.3 cm³/mol. The second-order valence-electron chi connectivity index (χ2n) is 5.76. The van der Waals surface area contributed by atoms with E-state index in [0.29, 0.717) is 5.56 Å². The SMILES string of the molecule is CN(CC(=O)NNC(=O)c1ccccc1)c1ccc2ccccc2c1. The number of anilines is 1. The average molecular weight is 333 g/mol. The molecule has 126 valence electrons. The normalized spacial score (nSPS) is 10.3. The molecule has 0 aromatic heterocycles. The highest BCUT2D eigenvalue weighted by Gasteiger charge is 2.10. The average Bonchev–Trinajstić information content (AvgIpc) is 2.66. The number of nitrogens with zero attached hydrogens (tertiary/aromatic N) is 1. The van der Waals surface area contributed by atoms with Gasteiger partial charge in [-0.1, -0.05) is 48.5 Å². The number of benzene rings is 3. The molecule has 0 radical (unpaired) electrons. The lowest BCUT2D eigenvalue weighted by Crippen LogP contribution is -2.45. The number of fused-ring (bicyclic) bond motifs is 1. The van der Waals surface area contributed by atoms with E-state index < -0.39 is 0 Å². The van der Waals surface area contributed by atoms with Crippen LogP contribution < -0.4 is 15.8 Å². The Labute approximate surface area is 146 Å². The van der Waals surface area contributed by atoms with Crippen molar-refractivity contribution in [3.8, 4) is 0 Å². The molecule has 0 saturated carbocycles. The minimum absolute atomic E-state index is 0.132. The van der Waals surface area contributed by atoms with Crippen molar-refractivity contribution in [3.05, 3.63) is 78.4 Å². The maximum absolute atomic E-state index is 12.1. The molecule has 0 unspecified atom stereocenters. The molecule has 5 heteroatoms. The first-order valence-electron chi connectivity index (χ1n) is 7.97. The number of hydrogen-bond donors (Lipinski definition) is 2. The molecule has 0 aliphatic rings. The first-order chi connectivity index (χ1) is 12.1. The largest absolute Gasteiger partial charge is 0.365 e. The van der Waals surface area contributed by atoms with Gasteiger partial charge in [0.25, 0.3) is 11.8 Å². The fourth-order valence-corrected chi connectivity index (χ4v) is 2.55. The molecule has 0 aliphatic heterocycles. The number of carbonyl (C=O) groups excluding carboxylic acids is 2. The number of carbonyl (C=O) groups is 2. The third-order valence-electron chi connectivity index (χ3n) is 3.91. The van der Waals surface area contributed by atoms with Gasteiger partial charge in [0.15, 0.2) is 0 Å². The summed E-state index contributed by atoms with van der Waals surface area (Å²) in [4.78, 5) is 25.8. The summed E-state index contributed by atoms with van der Waals surface area (Å²) in [6.07, 6.45) is 0. The van der Waals surface area contributed by atoms with Crippen LogP contribution in [0, 0.1) is 0 Å². The van der Waals surface area contributed by atoms with E-state index in [-0.39, 0.29) is 18.4 Å². The molecular weight excluding hydrogens is 314 g/mol. The predicted octanol–water partition coefficient (Wildman–Crippen LogP) is 2.74. The van der Waals surface area contributed by atoms with E-state index in [1.165, 1.54) is 0 Å². The molecular formula is C20H19N3O2. The van der Waals surface area contributed by atoms with Crippen LogP contribution >= 0.6 is 0 Å². The summed E-state index contributed by atoms with van der Waals surface area (Å²) in [7, 11) is 1.84. The van der Waals surface area contributed by atoms with Crippen molar-refractivity contribution < 1.29 is 9.59 Å². The minimum Gasteiger partial charge on any atom is -0.365 e. The molecule has 0 aliphatic carbocycles. The van der Waals surface area contributed by atoms with Crippen LogP contribution in [0.2, 0.25) is 0 Å². The summed E-state index contributed by atoms with van der Waals surface area (Å²) < 4.78 is 0. The summed E-state index contributed by atoms with van der Waals surface area (Å²) in [5.41, 5.74) is 6.28. The van der Waals surface area contributed by atoms with Gasteiger partial charge in [-0.25, -0.2) is 0 Å². The van der Waals surface area contributed by atoms with E-state index in [0.717, 1.165) is 16.5 Å². The highest BCUT2D eigenvalue weighted by atomic mass is 16.2. The molecule has 5 nitrogen and oxygen atoms in total. The van der Waals surface area contributed by atoms with Gasteiger partial charge in [0.1, 0.15) is 0 Å². The summed E-state index contributed by atoms with van der Waals surface area (Å²) in [5, 5.41) is 2.27. The van der Waals surface area contributed by atoms with Gasteiger partial charge in [-0.15, -0.1) is 0 Å². The maximum Gasteiger partial charge on any atom is 0.269 e. The molecule has 2 amide bonds. The smallest absolute Gasteiger partial charge is 0.269 e. The first-order valence-corrected chi connectivity index (χ1v) is 7.97. The van der Waals surface area contributed by atoms with Gasteiger partial charge in [-0.3, -0.25) is 20.4 Å². The lowest BCUT2D eigenvalue weighted by Gasteiger charge is -2.19. The minimum atomic E-state index is -0.345. The Balaban J connectivity index is 1.57. The molecule has 0 heterocycles. The van der Waals surface area contributed by atoms with Gasteiger partial charge in [0, 0.05) is 18.3 Å². The molecule has 3 aromatic rings. The Morgan fingerprint density at radius 2 is 1.52 bits per heavy atom.